The molecule has 0 amide bonds. The first kappa shape index (κ1) is 21.7. The Bertz CT molecular complexity index is 952. The number of nitrogens with zero attached hydrogens (tertiary/aromatic N) is 4. The monoisotopic (exact) mass is 418 g/mol. The number of benzene rings is 1. The van der Waals surface area contributed by atoms with Crippen molar-refractivity contribution in [3.63, 3.8) is 0 Å². The van der Waals surface area contributed by atoms with E-state index in [1.165, 1.54) is 6.07 Å². The minimum atomic E-state index is -4.38. The molecule has 0 saturated heterocycles. The Morgan fingerprint density at radius 2 is 2.17 bits per heavy atom. The quantitative estimate of drug-likeness (QED) is 0.455. The number of aromatic nitrogens is 3. The number of fused-ring (bicyclic) bond motifs is 1. The van der Waals surface area contributed by atoms with Gasteiger partial charge in [-0.05, 0) is 31.5 Å². The molecule has 9 heteroatoms. The molecule has 6 nitrogen and oxygen atoms in total. The van der Waals surface area contributed by atoms with Crippen molar-refractivity contribution in [3.8, 4) is 11.8 Å². The molecule has 1 aromatic heterocycles. The fourth-order valence-corrected chi connectivity index (χ4v) is 3.18. The van der Waals surface area contributed by atoms with Crippen molar-refractivity contribution in [1.29, 1.82) is 0 Å². The van der Waals surface area contributed by atoms with Gasteiger partial charge in [0, 0.05) is 31.0 Å². The maximum absolute atomic E-state index is 12.8. The van der Waals surface area contributed by atoms with E-state index in [0.717, 1.165) is 43.0 Å². The van der Waals surface area contributed by atoms with Crippen LogP contribution in [0.25, 0.3) is 0 Å². The highest BCUT2D eigenvalue weighted by molar-refractivity contribution is 5.80. The van der Waals surface area contributed by atoms with Gasteiger partial charge in [0.2, 0.25) is 0 Å². The van der Waals surface area contributed by atoms with Crippen molar-refractivity contribution in [2.24, 2.45) is 4.99 Å². The fourth-order valence-electron chi connectivity index (χ4n) is 3.18. The first-order chi connectivity index (χ1) is 14.4. The van der Waals surface area contributed by atoms with Crippen molar-refractivity contribution in [2.75, 3.05) is 13.1 Å². The van der Waals surface area contributed by atoms with Crippen LogP contribution in [0.2, 0.25) is 0 Å². The molecule has 2 aromatic rings. The van der Waals surface area contributed by atoms with Crippen molar-refractivity contribution >= 4 is 5.96 Å². The Balaban J connectivity index is 1.61. The van der Waals surface area contributed by atoms with E-state index in [9.17, 15) is 13.2 Å². The standard InChI is InChI=1S/C21H25F3N6/c1-3-18-28-19-11-10-17(14-30(19)29-18)27-20(25-4-2)26-12-6-8-15-7-5-9-16(13-15)21(22,23)24/h5,7,9,13,17H,3-4,10-12,14H2,1-2H3,(H2,25,26,27). The van der Waals surface area contributed by atoms with Crippen molar-refractivity contribution in [3.05, 3.63) is 47.0 Å². The van der Waals surface area contributed by atoms with Gasteiger partial charge in [0.05, 0.1) is 12.1 Å². The van der Waals surface area contributed by atoms with Crippen LogP contribution in [-0.4, -0.2) is 39.9 Å². The second-order valence-corrected chi connectivity index (χ2v) is 6.94. The lowest BCUT2D eigenvalue weighted by atomic mass is 10.1. The van der Waals surface area contributed by atoms with E-state index in [2.05, 4.69) is 37.5 Å². The van der Waals surface area contributed by atoms with E-state index in [4.69, 9.17) is 0 Å². The molecule has 0 bridgehead atoms. The number of aryl methyl sites for hydroxylation is 2. The van der Waals surface area contributed by atoms with Crippen LogP contribution >= 0.6 is 0 Å². The van der Waals surface area contributed by atoms with Crippen molar-refractivity contribution in [2.45, 2.75) is 51.9 Å². The van der Waals surface area contributed by atoms with Gasteiger partial charge in [0.1, 0.15) is 12.4 Å². The summed E-state index contributed by atoms with van der Waals surface area (Å²) in [6.07, 6.45) is -1.80. The molecule has 3 rings (SSSR count). The van der Waals surface area contributed by atoms with Crippen LogP contribution in [0.1, 0.15) is 43.0 Å². The van der Waals surface area contributed by atoms with Gasteiger partial charge < -0.3 is 10.6 Å². The second-order valence-electron chi connectivity index (χ2n) is 6.94. The zero-order valence-electron chi connectivity index (χ0n) is 17.1. The van der Waals surface area contributed by atoms with Crippen LogP contribution in [-0.2, 0) is 25.6 Å². The number of aliphatic imine (C=N–C) groups is 1. The molecule has 0 spiro atoms. The third-order valence-corrected chi connectivity index (χ3v) is 4.64. The van der Waals surface area contributed by atoms with E-state index >= 15 is 0 Å². The van der Waals surface area contributed by atoms with Crippen molar-refractivity contribution < 1.29 is 13.2 Å². The molecule has 1 aromatic carbocycles. The molecule has 2 heterocycles. The number of nitrogens with one attached hydrogen (secondary N) is 2. The first-order valence-corrected chi connectivity index (χ1v) is 10.0. The topological polar surface area (TPSA) is 67.1 Å². The van der Waals surface area contributed by atoms with E-state index in [1.54, 1.807) is 6.07 Å². The van der Waals surface area contributed by atoms with Crippen molar-refractivity contribution in [1.82, 2.24) is 25.4 Å². The molecule has 0 aliphatic carbocycles. The summed E-state index contributed by atoms with van der Waals surface area (Å²) in [6.45, 7) is 5.58. The van der Waals surface area contributed by atoms with E-state index in [0.29, 0.717) is 24.6 Å². The molecule has 1 aliphatic heterocycles. The van der Waals surface area contributed by atoms with E-state index < -0.39 is 11.7 Å². The molecule has 160 valence electrons. The highest BCUT2D eigenvalue weighted by Gasteiger charge is 2.30. The SMILES string of the molecule is CCNC(=NCC#Cc1cccc(C(F)(F)F)c1)NC1CCc2nc(CC)nn2C1. The summed E-state index contributed by atoms with van der Waals surface area (Å²) >= 11 is 0. The number of hydrogen-bond donors (Lipinski definition) is 2. The lowest BCUT2D eigenvalue weighted by molar-refractivity contribution is -0.137. The Hall–Kier alpha value is -3.02. The maximum atomic E-state index is 12.8. The Morgan fingerprint density at radius 1 is 1.33 bits per heavy atom. The predicted octanol–water partition coefficient (Wildman–Crippen LogP) is 2.78. The minimum absolute atomic E-state index is 0.165. The smallest absolute Gasteiger partial charge is 0.357 e. The normalized spacial score (nSPS) is 16.4. The van der Waals surface area contributed by atoms with Gasteiger partial charge in [-0.1, -0.05) is 24.8 Å². The van der Waals surface area contributed by atoms with Crippen LogP contribution in [0.4, 0.5) is 13.2 Å². The van der Waals surface area contributed by atoms with Gasteiger partial charge in [-0.3, -0.25) is 0 Å². The van der Waals surface area contributed by atoms with Gasteiger partial charge in [-0.2, -0.15) is 18.3 Å². The average Bonchev–Trinajstić information content (AvgIpc) is 3.13. The third kappa shape index (κ3) is 5.75. The van der Waals surface area contributed by atoms with Crippen LogP contribution in [0.15, 0.2) is 29.3 Å². The highest BCUT2D eigenvalue weighted by atomic mass is 19.4. The lowest BCUT2D eigenvalue weighted by Crippen LogP contribution is -2.47. The predicted molar refractivity (Wildman–Crippen MR) is 109 cm³/mol. The minimum Gasteiger partial charge on any atom is -0.357 e. The lowest BCUT2D eigenvalue weighted by Gasteiger charge is -2.25. The molecule has 1 unspecified atom stereocenters. The molecule has 0 fully saturated rings. The summed E-state index contributed by atoms with van der Waals surface area (Å²) < 4.78 is 40.3. The summed E-state index contributed by atoms with van der Waals surface area (Å²) in [5.41, 5.74) is -0.389. The molecular weight excluding hydrogens is 393 g/mol. The Labute approximate surface area is 174 Å². The van der Waals surface area contributed by atoms with E-state index in [-0.39, 0.29) is 12.6 Å². The van der Waals surface area contributed by atoms with Crippen LogP contribution in [0, 0.1) is 11.8 Å². The largest absolute Gasteiger partial charge is 0.416 e. The Morgan fingerprint density at radius 3 is 2.90 bits per heavy atom. The molecule has 1 aliphatic rings. The third-order valence-electron chi connectivity index (χ3n) is 4.64. The molecule has 30 heavy (non-hydrogen) atoms. The van der Waals surface area contributed by atoms with Gasteiger partial charge in [0.15, 0.2) is 11.8 Å². The molecule has 0 radical (unpaired) electrons. The van der Waals surface area contributed by atoms with Crippen LogP contribution < -0.4 is 10.6 Å². The molecule has 0 saturated carbocycles. The number of alkyl halides is 3. The molecule has 2 N–H and O–H groups in total. The van der Waals surface area contributed by atoms with Gasteiger partial charge in [-0.25, -0.2) is 14.7 Å². The number of guanidine groups is 1. The summed E-state index contributed by atoms with van der Waals surface area (Å²) in [4.78, 5) is 8.94. The molecule has 1 atom stereocenters. The number of rotatable bonds is 4. The van der Waals surface area contributed by atoms with Gasteiger partial charge in [0.25, 0.3) is 0 Å². The van der Waals surface area contributed by atoms with Gasteiger partial charge in [-0.15, -0.1) is 0 Å². The van der Waals surface area contributed by atoms with Crippen LogP contribution in [0.3, 0.4) is 0 Å². The summed E-state index contributed by atoms with van der Waals surface area (Å²) in [5, 5.41) is 11.1. The summed E-state index contributed by atoms with van der Waals surface area (Å²) in [6, 6.07) is 5.15. The highest BCUT2D eigenvalue weighted by Crippen LogP contribution is 2.29. The fraction of sp³-hybridized carbons (Fsp3) is 0.476. The number of halogens is 3. The second kappa shape index (κ2) is 9.65. The van der Waals surface area contributed by atoms with E-state index in [1.807, 2.05) is 18.5 Å². The average molecular weight is 418 g/mol. The zero-order valence-corrected chi connectivity index (χ0v) is 17.1. The Kier molecular flexibility index (Phi) is 6.98. The molecular formula is C21H25F3N6. The first-order valence-electron chi connectivity index (χ1n) is 10.0. The summed E-state index contributed by atoms with van der Waals surface area (Å²) in [5.74, 6) is 8.06. The summed E-state index contributed by atoms with van der Waals surface area (Å²) in [7, 11) is 0. The maximum Gasteiger partial charge on any atom is 0.416 e. The van der Waals surface area contributed by atoms with Crippen LogP contribution in [0.5, 0.6) is 0 Å². The number of hydrogen-bond acceptors (Lipinski definition) is 3. The zero-order chi connectivity index (χ0) is 21.6. The van der Waals surface area contributed by atoms with Gasteiger partial charge >= 0.3 is 6.18 Å².